The van der Waals surface area contributed by atoms with Gasteiger partial charge in [0.15, 0.2) is 0 Å². The lowest BCUT2D eigenvalue weighted by Gasteiger charge is -2.31. The highest BCUT2D eigenvalue weighted by Crippen LogP contribution is 2.31. The second-order valence-corrected chi connectivity index (χ2v) is 5.62. The summed E-state index contributed by atoms with van der Waals surface area (Å²) in [6, 6.07) is 0. The quantitative estimate of drug-likeness (QED) is 0.679. The van der Waals surface area contributed by atoms with E-state index in [1.165, 1.54) is 57.8 Å². The molecular formula is C14H26O. The molecular weight excluding hydrogens is 184 g/mol. The molecule has 88 valence electrons. The molecule has 2 aliphatic rings. The molecule has 0 aromatic rings. The van der Waals surface area contributed by atoms with Crippen LogP contribution in [0.1, 0.15) is 64.7 Å². The van der Waals surface area contributed by atoms with Crippen LogP contribution >= 0.6 is 0 Å². The van der Waals surface area contributed by atoms with Gasteiger partial charge in [0.25, 0.3) is 0 Å². The number of hydrogen-bond acceptors (Lipinski definition) is 1. The van der Waals surface area contributed by atoms with Gasteiger partial charge in [0.1, 0.15) is 0 Å². The SMILES string of the molecule is CC1CCCCC1COC1CCCCC1. The molecule has 2 aliphatic carbocycles. The molecule has 0 saturated heterocycles. The van der Waals surface area contributed by atoms with Gasteiger partial charge in [-0.25, -0.2) is 0 Å². The van der Waals surface area contributed by atoms with Gasteiger partial charge in [-0.15, -0.1) is 0 Å². The van der Waals surface area contributed by atoms with Crippen molar-refractivity contribution in [1.82, 2.24) is 0 Å². The summed E-state index contributed by atoms with van der Waals surface area (Å²) in [5.41, 5.74) is 0. The standard InChI is InChI=1S/C14H26O/c1-12-7-5-6-8-13(12)11-15-14-9-3-2-4-10-14/h12-14H,2-11H2,1H3. The molecule has 2 fully saturated rings. The van der Waals surface area contributed by atoms with Crippen LogP contribution in [-0.4, -0.2) is 12.7 Å². The number of rotatable bonds is 3. The molecule has 1 nitrogen and oxygen atoms in total. The zero-order valence-electron chi connectivity index (χ0n) is 10.2. The fourth-order valence-electron chi connectivity index (χ4n) is 3.13. The fraction of sp³-hybridized carbons (Fsp3) is 1.00. The lowest BCUT2D eigenvalue weighted by molar-refractivity contribution is -0.00984. The van der Waals surface area contributed by atoms with Gasteiger partial charge in [-0.05, 0) is 31.1 Å². The van der Waals surface area contributed by atoms with Crippen LogP contribution in [0, 0.1) is 11.8 Å². The first-order chi connectivity index (χ1) is 7.36. The van der Waals surface area contributed by atoms with E-state index in [-0.39, 0.29) is 0 Å². The third kappa shape index (κ3) is 3.48. The first kappa shape index (κ1) is 11.4. The molecule has 0 bridgehead atoms. The van der Waals surface area contributed by atoms with Gasteiger partial charge in [0.2, 0.25) is 0 Å². The van der Waals surface area contributed by atoms with Crippen LogP contribution < -0.4 is 0 Å². The Labute approximate surface area is 94.6 Å². The number of hydrogen-bond donors (Lipinski definition) is 0. The van der Waals surface area contributed by atoms with Crippen molar-refractivity contribution in [3.8, 4) is 0 Å². The van der Waals surface area contributed by atoms with E-state index < -0.39 is 0 Å². The lowest BCUT2D eigenvalue weighted by Crippen LogP contribution is -2.26. The maximum Gasteiger partial charge on any atom is 0.0575 e. The molecule has 2 rings (SSSR count). The molecule has 1 heteroatoms. The smallest absolute Gasteiger partial charge is 0.0575 e. The van der Waals surface area contributed by atoms with E-state index in [2.05, 4.69) is 6.92 Å². The van der Waals surface area contributed by atoms with Crippen molar-refractivity contribution in [1.29, 1.82) is 0 Å². The zero-order chi connectivity index (χ0) is 10.5. The van der Waals surface area contributed by atoms with Gasteiger partial charge in [-0.2, -0.15) is 0 Å². The third-order valence-electron chi connectivity index (χ3n) is 4.39. The normalized spacial score (nSPS) is 34.2. The highest BCUT2D eigenvalue weighted by Gasteiger charge is 2.23. The molecule has 0 spiro atoms. The van der Waals surface area contributed by atoms with Crippen molar-refractivity contribution in [3.05, 3.63) is 0 Å². The Morgan fingerprint density at radius 3 is 2.27 bits per heavy atom. The molecule has 0 aliphatic heterocycles. The van der Waals surface area contributed by atoms with Crippen molar-refractivity contribution in [2.75, 3.05) is 6.61 Å². The highest BCUT2D eigenvalue weighted by atomic mass is 16.5. The van der Waals surface area contributed by atoms with E-state index in [0.717, 1.165) is 18.4 Å². The van der Waals surface area contributed by atoms with Crippen molar-refractivity contribution in [2.45, 2.75) is 70.8 Å². The topological polar surface area (TPSA) is 9.23 Å². The predicted octanol–water partition coefficient (Wildman–Crippen LogP) is 4.16. The molecule has 0 aromatic carbocycles. The second-order valence-electron chi connectivity index (χ2n) is 5.62. The van der Waals surface area contributed by atoms with Crippen molar-refractivity contribution in [2.24, 2.45) is 11.8 Å². The van der Waals surface area contributed by atoms with Crippen LogP contribution in [0.2, 0.25) is 0 Å². The minimum absolute atomic E-state index is 0.605. The van der Waals surface area contributed by atoms with Crippen LogP contribution in [0.15, 0.2) is 0 Å². The summed E-state index contributed by atoms with van der Waals surface area (Å²) >= 11 is 0. The van der Waals surface area contributed by atoms with E-state index in [9.17, 15) is 0 Å². The summed E-state index contributed by atoms with van der Waals surface area (Å²) in [6.07, 6.45) is 13.2. The predicted molar refractivity (Wildman–Crippen MR) is 63.9 cm³/mol. The van der Waals surface area contributed by atoms with Crippen LogP contribution in [0.4, 0.5) is 0 Å². The van der Waals surface area contributed by atoms with Gasteiger partial charge >= 0.3 is 0 Å². The Morgan fingerprint density at radius 2 is 1.53 bits per heavy atom. The lowest BCUT2D eigenvalue weighted by atomic mass is 9.81. The van der Waals surface area contributed by atoms with E-state index in [0.29, 0.717) is 6.10 Å². The van der Waals surface area contributed by atoms with Crippen LogP contribution in [0.3, 0.4) is 0 Å². The Hall–Kier alpha value is -0.0400. The molecule has 2 unspecified atom stereocenters. The van der Waals surface area contributed by atoms with Crippen molar-refractivity contribution >= 4 is 0 Å². The van der Waals surface area contributed by atoms with Crippen molar-refractivity contribution in [3.63, 3.8) is 0 Å². The fourth-order valence-corrected chi connectivity index (χ4v) is 3.13. The zero-order valence-corrected chi connectivity index (χ0v) is 10.2. The molecule has 0 N–H and O–H groups in total. The number of ether oxygens (including phenoxy) is 1. The average Bonchev–Trinajstić information content (AvgIpc) is 2.29. The third-order valence-corrected chi connectivity index (χ3v) is 4.39. The van der Waals surface area contributed by atoms with Gasteiger partial charge in [0, 0.05) is 0 Å². The average molecular weight is 210 g/mol. The van der Waals surface area contributed by atoms with Crippen molar-refractivity contribution < 1.29 is 4.74 Å². The summed E-state index contributed by atoms with van der Waals surface area (Å²) < 4.78 is 6.09. The second kappa shape index (κ2) is 5.89. The minimum atomic E-state index is 0.605. The summed E-state index contributed by atoms with van der Waals surface area (Å²) in [7, 11) is 0. The Morgan fingerprint density at radius 1 is 0.867 bits per heavy atom. The van der Waals surface area contributed by atoms with Gasteiger partial charge in [0.05, 0.1) is 12.7 Å². The van der Waals surface area contributed by atoms with Gasteiger partial charge < -0.3 is 4.74 Å². The monoisotopic (exact) mass is 210 g/mol. The Bertz CT molecular complexity index is 172. The van der Waals surface area contributed by atoms with Gasteiger partial charge in [-0.3, -0.25) is 0 Å². The van der Waals surface area contributed by atoms with Crippen LogP contribution in [0.25, 0.3) is 0 Å². The molecule has 0 heterocycles. The molecule has 2 saturated carbocycles. The summed E-state index contributed by atoms with van der Waals surface area (Å²) in [4.78, 5) is 0. The molecule has 0 radical (unpaired) electrons. The summed E-state index contributed by atoms with van der Waals surface area (Å²) in [5.74, 6) is 1.77. The van der Waals surface area contributed by atoms with Crippen LogP contribution in [-0.2, 0) is 4.74 Å². The summed E-state index contributed by atoms with van der Waals surface area (Å²) in [6.45, 7) is 3.46. The largest absolute Gasteiger partial charge is 0.378 e. The molecule has 15 heavy (non-hydrogen) atoms. The van der Waals surface area contributed by atoms with E-state index in [4.69, 9.17) is 4.74 Å². The molecule has 2 atom stereocenters. The maximum absolute atomic E-state index is 6.09. The first-order valence-corrected chi connectivity index (χ1v) is 6.98. The maximum atomic E-state index is 6.09. The van der Waals surface area contributed by atoms with E-state index in [1.807, 2.05) is 0 Å². The van der Waals surface area contributed by atoms with E-state index in [1.54, 1.807) is 0 Å². The molecule has 0 amide bonds. The highest BCUT2D eigenvalue weighted by molar-refractivity contribution is 4.73. The Balaban J connectivity index is 1.67. The minimum Gasteiger partial charge on any atom is -0.378 e. The Kier molecular flexibility index (Phi) is 4.49. The molecule has 0 aromatic heterocycles. The van der Waals surface area contributed by atoms with Crippen LogP contribution in [0.5, 0.6) is 0 Å². The van der Waals surface area contributed by atoms with E-state index >= 15 is 0 Å². The summed E-state index contributed by atoms with van der Waals surface area (Å²) in [5, 5.41) is 0. The first-order valence-electron chi connectivity index (χ1n) is 6.98. The van der Waals surface area contributed by atoms with Gasteiger partial charge in [-0.1, -0.05) is 45.4 Å².